The van der Waals surface area contributed by atoms with Gasteiger partial charge in [0.15, 0.2) is 0 Å². The van der Waals surface area contributed by atoms with Crippen molar-refractivity contribution in [3.05, 3.63) is 314 Å². The molecule has 6 heterocycles. The summed E-state index contributed by atoms with van der Waals surface area (Å²) in [5.74, 6) is -1.30. The van der Waals surface area contributed by atoms with E-state index in [1.807, 2.05) is 110 Å². The molecule has 0 aliphatic carbocycles. The molecule has 420 valence electrons. The van der Waals surface area contributed by atoms with Crippen LogP contribution in [-0.4, -0.2) is 29.1 Å². The zero-order chi connectivity index (χ0) is 59.5. The minimum Gasteiger partial charge on any atom is -0.307 e. The van der Waals surface area contributed by atoms with Crippen molar-refractivity contribution in [1.82, 2.24) is 29.1 Å². The lowest BCUT2D eigenvalue weighted by molar-refractivity contribution is 0.589. The first-order valence-corrected chi connectivity index (χ1v) is 29.7. The quantitative estimate of drug-likeness (QED) is 0.129. The predicted octanol–water partition coefficient (Wildman–Crippen LogP) is 21.1. The normalized spacial score (nSPS) is 11.5. The van der Waals surface area contributed by atoms with E-state index in [1.54, 1.807) is 0 Å². The second-order valence-corrected chi connectivity index (χ2v) is 22.4. The third kappa shape index (κ3) is 9.51. The highest BCUT2D eigenvalue weighted by Crippen LogP contribution is 2.45. The van der Waals surface area contributed by atoms with Gasteiger partial charge in [0.05, 0.1) is 84.6 Å². The maximum absolute atomic E-state index is 16.5. The van der Waals surface area contributed by atoms with Gasteiger partial charge in [-0.15, -0.1) is 0 Å². The van der Waals surface area contributed by atoms with Crippen LogP contribution in [0.3, 0.4) is 0 Å². The van der Waals surface area contributed by atoms with Crippen LogP contribution in [0.4, 0.5) is 8.78 Å². The van der Waals surface area contributed by atoms with Crippen molar-refractivity contribution in [1.29, 1.82) is 0 Å². The molecule has 8 heteroatoms. The molecule has 10 aromatic carbocycles. The zero-order valence-corrected chi connectivity index (χ0v) is 48.2. The molecule has 0 radical (unpaired) electrons. The molecule has 16 aromatic rings. The molecular formula is C81H52F2N6. The van der Waals surface area contributed by atoms with Gasteiger partial charge < -0.3 is 9.13 Å². The number of hydrogen-bond acceptors (Lipinski definition) is 4. The van der Waals surface area contributed by atoms with Gasteiger partial charge in [0, 0.05) is 66.1 Å². The molecule has 0 N–H and O–H groups in total. The van der Waals surface area contributed by atoms with Gasteiger partial charge in [0.1, 0.15) is 11.6 Å². The number of pyridine rings is 4. The fourth-order valence-corrected chi connectivity index (χ4v) is 12.7. The fraction of sp³-hybridized carbons (Fsp3) is 0.0123. The van der Waals surface area contributed by atoms with Crippen molar-refractivity contribution in [3.8, 4) is 113 Å². The Labute approximate surface area is 512 Å². The number of hydrogen-bond donors (Lipinski definition) is 0. The summed E-state index contributed by atoms with van der Waals surface area (Å²) in [4.78, 5) is 20.9. The Morgan fingerprint density at radius 2 is 0.506 bits per heavy atom. The van der Waals surface area contributed by atoms with Gasteiger partial charge >= 0.3 is 0 Å². The van der Waals surface area contributed by atoms with Gasteiger partial charge in [-0.05, 0) is 139 Å². The van der Waals surface area contributed by atoms with Crippen molar-refractivity contribution in [2.24, 2.45) is 0 Å². The summed E-state index contributed by atoms with van der Waals surface area (Å²) in [6, 6.07) is 99.8. The Kier molecular flexibility index (Phi) is 13.0. The van der Waals surface area contributed by atoms with Crippen LogP contribution in [-0.2, 0) is 0 Å². The second-order valence-electron chi connectivity index (χ2n) is 22.4. The van der Waals surface area contributed by atoms with E-state index in [-0.39, 0.29) is 5.56 Å². The minimum absolute atomic E-state index is 0.0937. The van der Waals surface area contributed by atoms with E-state index in [9.17, 15) is 0 Å². The van der Waals surface area contributed by atoms with Crippen LogP contribution in [0.15, 0.2) is 297 Å². The maximum atomic E-state index is 16.5. The largest absolute Gasteiger partial charge is 0.307 e. The first-order valence-electron chi connectivity index (χ1n) is 29.7. The molecule has 0 saturated carbocycles. The third-order valence-electron chi connectivity index (χ3n) is 17.0. The molecule has 0 unspecified atom stereocenters. The topological polar surface area (TPSA) is 61.4 Å². The number of nitrogens with zero attached hydrogens (tertiary/aromatic N) is 6. The summed E-state index contributed by atoms with van der Waals surface area (Å²) in [6.45, 7) is 1.94. The van der Waals surface area contributed by atoms with E-state index in [2.05, 4.69) is 185 Å². The van der Waals surface area contributed by atoms with Crippen LogP contribution in [0.2, 0.25) is 0 Å². The number of halogens is 2. The Morgan fingerprint density at radius 3 is 0.798 bits per heavy atom. The highest BCUT2D eigenvalue weighted by molar-refractivity contribution is 6.14. The number of fused-ring (bicyclic) bond motifs is 6. The van der Waals surface area contributed by atoms with Crippen molar-refractivity contribution < 1.29 is 8.78 Å². The standard InChI is InChI=1S/C81H52F2N6/c1-51-45-79(88-75-41-37-56(71-33-15-29-67(84-71)52-19-6-2-7-20-52)46-61(75)62-47-57(38-42-76(62)88)72-34-16-30-68(85-72)53-21-8-3-9-22-53)80(50-60(51)81-65(82)27-14-28-66(81)83)89-77-43-39-58(73-35-17-31-69(86-73)54-23-10-4-11-24-54)48-63(77)64-49-59(40-44-78(64)89)74-36-18-32-70(87-74)55-25-12-5-13-26-55/h2-50H,1H3. The highest BCUT2D eigenvalue weighted by atomic mass is 19.1. The fourth-order valence-electron chi connectivity index (χ4n) is 12.7. The Bertz CT molecular complexity index is 5110. The third-order valence-corrected chi connectivity index (χ3v) is 17.0. The molecule has 16 rings (SSSR count). The zero-order valence-electron chi connectivity index (χ0n) is 48.2. The van der Waals surface area contributed by atoms with Crippen molar-refractivity contribution in [2.75, 3.05) is 0 Å². The Balaban J connectivity index is 0.966. The molecule has 0 amide bonds. The van der Waals surface area contributed by atoms with Crippen LogP contribution < -0.4 is 0 Å². The highest BCUT2D eigenvalue weighted by Gasteiger charge is 2.25. The number of aromatic nitrogens is 6. The van der Waals surface area contributed by atoms with Gasteiger partial charge in [-0.2, -0.15) is 0 Å². The second kappa shape index (κ2) is 22.0. The monoisotopic (exact) mass is 1150 g/mol. The van der Waals surface area contributed by atoms with E-state index in [0.29, 0.717) is 16.8 Å². The number of aryl methyl sites for hydroxylation is 1. The first kappa shape index (κ1) is 52.8. The van der Waals surface area contributed by atoms with Crippen molar-refractivity contribution >= 4 is 43.6 Å². The van der Waals surface area contributed by atoms with Gasteiger partial charge in [-0.1, -0.05) is 176 Å². The lowest BCUT2D eigenvalue weighted by Crippen LogP contribution is -2.06. The molecule has 0 atom stereocenters. The molecule has 0 fully saturated rings. The SMILES string of the molecule is Cc1cc(-n2c3ccc(-c4cccc(-c5ccccc5)n4)cc3c3cc(-c4cccc(-c5ccccc5)n4)ccc32)c(-n2c3ccc(-c4cccc(-c5ccccc5)n4)cc3c3cc(-c4cccc(-c5ccccc5)n4)ccc32)cc1-c1c(F)cccc1F. The average Bonchev–Trinajstić information content (AvgIpc) is 1.74. The lowest BCUT2D eigenvalue weighted by Gasteiger charge is -2.21. The summed E-state index contributed by atoms with van der Waals surface area (Å²) < 4.78 is 37.6. The molecule has 6 nitrogen and oxygen atoms in total. The van der Waals surface area contributed by atoms with Gasteiger partial charge in [0.2, 0.25) is 0 Å². The van der Waals surface area contributed by atoms with Crippen LogP contribution in [0.25, 0.3) is 156 Å². The smallest absolute Gasteiger partial charge is 0.133 e. The molecule has 0 aliphatic heterocycles. The summed E-state index contributed by atoms with van der Waals surface area (Å²) in [7, 11) is 0. The molecule has 6 aromatic heterocycles. The Morgan fingerprint density at radius 1 is 0.247 bits per heavy atom. The van der Waals surface area contributed by atoms with Gasteiger partial charge in [-0.3, -0.25) is 0 Å². The molecule has 0 aliphatic rings. The molecule has 89 heavy (non-hydrogen) atoms. The maximum Gasteiger partial charge on any atom is 0.133 e. The minimum atomic E-state index is -0.648. The van der Waals surface area contributed by atoms with E-state index in [0.717, 1.165) is 139 Å². The summed E-state index contributed by atoms with van der Waals surface area (Å²) in [5, 5.41) is 3.90. The number of benzene rings is 10. The van der Waals surface area contributed by atoms with Gasteiger partial charge in [0.25, 0.3) is 0 Å². The van der Waals surface area contributed by atoms with E-state index >= 15 is 8.78 Å². The summed E-state index contributed by atoms with van der Waals surface area (Å²) in [5.41, 5.74) is 20.9. The van der Waals surface area contributed by atoms with E-state index in [1.165, 1.54) is 18.2 Å². The molecule has 0 saturated heterocycles. The average molecular weight is 1150 g/mol. The first-order chi connectivity index (χ1) is 43.8. The van der Waals surface area contributed by atoms with E-state index < -0.39 is 11.6 Å². The molecule has 0 bridgehead atoms. The Hall–Kier alpha value is -11.7. The lowest BCUT2D eigenvalue weighted by atomic mass is 9.97. The molecular weight excluding hydrogens is 1090 g/mol. The van der Waals surface area contributed by atoms with E-state index in [4.69, 9.17) is 19.9 Å². The van der Waals surface area contributed by atoms with Crippen LogP contribution in [0.1, 0.15) is 5.56 Å². The van der Waals surface area contributed by atoms with Crippen molar-refractivity contribution in [2.45, 2.75) is 6.92 Å². The van der Waals surface area contributed by atoms with Crippen LogP contribution >= 0.6 is 0 Å². The molecule has 0 spiro atoms. The number of rotatable bonds is 11. The van der Waals surface area contributed by atoms with Gasteiger partial charge in [-0.25, -0.2) is 28.7 Å². The van der Waals surface area contributed by atoms with Crippen LogP contribution in [0.5, 0.6) is 0 Å². The summed E-state index contributed by atoms with van der Waals surface area (Å²) >= 11 is 0. The predicted molar refractivity (Wildman–Crippen MR) is 360 cm³/mol. The summed E-state index contributed by atoms with van der Waals surface area (Å²) in [6.07, 6.45) is 0. The van der Waals surface area contributed by atoms with Crippen molar-refractivity contribution in [3.63, 3.8) is 0 Å². The van der Waals surface area contributed by atoms with Crippen LogP contribution in [0, 0.1) is 18.6 Å².